The van der Waals surface area contributed by atoms with Gasteiger partial charge in [-0.25, -0.2) is 0 Å². The second-order valence-electron chi connectivity index (χ2n) is 5.86. The van der Waals surface area contributed by atoms with Crippen LogP contribution in [0.25, 0.3) is 0 Å². The van der Waals surface area contributed by atoms with Crippen LogP contribution in [0.2, 0.25) is 5.02 Å². The van der Waals surface area contributed by atoms with Crippen LogP contribution in [-0.4, -0.2) is 35.1 Å². The number of aromatic amines is 1. The smallest absolute Gasteiger partial charge is 0.276 e. The normalized spacial score (nSPS) is 12.7. The van der Waals surface area contributed by atoms with Crippen molar-refractivity contribution in [1.29, 1.82) is 0 Å². The summed E-state index contributed by atoms with van der Waals surface area (Å²) in [5, 5.41) is 16.3. The number of aromatic nitrogens is 2. The molecule has 1 aromatic carbocycles. The molecule has 140 valence electrons. The summed E-state index contributed by atoms with van der Waals surface area (Å²) in [6.07, 6.45) is 1.63. The zero-order valence-corrected chi connectivity index (χ0v) is 15.9. The highest BCUT2D eigenvalue weighted by Gasteiger charge is 2.23. The van der Waals surface area contributed by atoms with Crippen molar-refractivity contribution in [2.75, 3.05) is 18.4 Å². The Morgan fingerprint density at radius 2 is 2.12 bits per heavy atom. The minimum absolute atomic E-state index is 0. The molecule has 0 radical (unpaired) electrons. The molecule has 2 heterocycles. The van der Waals surface area contributed by atoms with E-state index in [1.54, 1.807) is 18.2 Å². The molecule has 4 N–H and O–H groups in total. The van der Waals surface area contributed by atoms with Gasteiger partial charge < -0.3 is 16.0 Å². The van der Waals surface area contributed by atoms with Gasteiger partial charge in [0.1, 0.15) is 0 Å². The monoisotopic (exact) mass is 397 g/mol. The Labute approximate surface area is 162 Å². The fourth-order valence-electron chi connectivity index (χ4n) is 2.75. The number of benzene rings is 1. The summed E-state index contributed by atoms with van der Waals surface area (Å²) >= 11 is 6.03. The summed E-state index contributed by atoms with van der Waals surface area (Å²) in [4.78, 5) is 25.0. The van der Waals surface area contributed by atoms with Crippen molar-refractivity contribution in [2.45, 2.75) is 26.3 Å². The molecule has 9 heteroatoms. The van der Waals surface area contributed by atoms with Crippen LogP contribution < -0.4 is 16.0 Å². The lowest BCUT2D eigenvalue weighted by molar-refractivity contribution is 0.0954. The standard InChI is InChI=1S/C17H20ClN5O2.ClH/c1-2-6-20-16(24)11-4-3-10(18)8-14(11)21-17(25)15-12-9-19-7-5-13(12)22-23-15;/h3-4,8,19H,2,5-7,9H2,1H3,(H,20,24)(H,21,25)(H,22,23);1H. The number of rotatable bonds is 5. The molecule has 26 heavy (non-hydrogen) atoms. The first-order valence-electron chi connectivity index (χ1n) is 8.26. The lowest BCUT2D eigenvalue weighted by Gasteiger charge is -2.14. The van der Waals surface area contributed by atoms with Crippen molar-refractivity contribution < 1.29 is 9.59 Å². The molecule has 0 saturated carbocycles. The number of fused-ring (bicyclic) bond motifs is 1. The van der Waals surface area contributed by atoms with E-state index in [9.17, 15) is 9.59 Å². The molecule has 2 amide bonds. The van der Waals surface area contributed by atoms with Gasteiger partial charge in [0.15, 0.2) is 5.69 Å². The van der Waals surface area contributed by atoms with Crippen LogP contribution in [0.4, 0.5) is 5.69 Å². The van der Waals surface area contributed by atoms with Gasteiger partial charge in [-0.15, -0.1) is 12.4 Å². The van der Waals surface area contributed by atoms with Crippen molar-refractivity contribution in [3.8, 4) is 0 Å². The molecule has 0 saturated heterocycles. The molecule has 0 fully saturated rings. The predicted octanol–water partition coefficient (Wildman–Crippen LogP) is 2.52. The molecule has 1 aromatic heterocycles. The van der Waals surface area contributed by atoms with Crippen molar-refractivity contribution in [1.82, 2.24) is 20.8 Å². The van der Waals surface area contributed by atoms with Crippen molar-refractivity contribution in [3.63, 3.8) is 0 Å². The van der Waals surface area contributed by atoms with Crippen LogP contribution >= 0.6 is 24.0 Å². The number of amides is 2. The van der Waals surface area contributed by atoms with E-state index in [4.69, 9.17) is 11.6 Å². The third kappa shape index (κ3) is 4.35. The Morgan fingerprint density at radius 3 is 2.88 bits per heavy atom. The number of hydrogen-bond acceptors (Lipinski definition) is 4. The highest BCUT2D eigenvalue weighted by Crippen LogP contribution is 2.23. The third-order valence-electron chi connectivity index (χ3n) is 4.03. The maximum Gasteiger partial charge on any atom is 0.276 e. The van der Waals surface area contributed by atoms with Gasteiger partial charge in [0.2, 0.25) is 0 Å². The van der Waals surface area contributed by atoms with Crippen molar-refractivity contribution in [3.05, 3.63) is 45.7 Å². The van der Waals surface area contributed by atoms with Gasteiger partial charge >= 0.3 is 0 Å². The van der Waals surface area contributed by atoms with E-state index >= 15 is 0 Å². The molecule has 0 atom stereocenters. The van der Waals surface area contributed by atoms with E-state index in [0.29, 0.717) is 35.1 Å². The molecular weight excluding hydrogens is 377 g/mol. The van der Waals surface area contributed by atoms with Crippen LogP contribution in [0.3, 0.4) is 0 Å². The lowest BCUT2D eigenvalue weighted by atomic mass is 10.1. The summed E-state index contributed by atoms with van der Waals surface area (Å²) in [5.74, 6) is -0.618. The first-order chi connectivity index (χ1) is 12.1. The average Bonchev–Trinajstić information content (AvgIpc) is 3.04. The topological polar surface area (TPSA) is 98.9 Å². The molecule has 1 aliphatic rings. The lowest BCUT2D eigenvalue weighted by Crippen LogP contribution is -2.27. The van der Waals surface area contributed by atoms with E-state index in [2.05, 4.69) is 26.1 Å². The quantitative estimate of drug-likeness (QED) is 0.622. The maximum absolute atomic E-state index is 12.7. The van der Waals surface area contributed by atoms with Gasteiger partial charge in [0.25, 0.3) is 11.8 Å². The highest BCUT2D eigenvalue weighted by atomic mass is 35.5. The Kier molecular flexibility index (Phi) is 7.02. The minimum Gasteiger partial charge on any atom is -0.352 e. The van der Waals surface area contributed by atoms with E-state index in [1.165, 1.54) is 0 Å². The summed E-state index contributed by atoms with van der Waals surface area (Å²) in [5.41, 5.74) is 2.90. The Bertz CT molecular complexity index is 806. The van der Waals surface area contributed by atoms with Crippen LogP contribution in [0, 0.1) is 0 Å². The number of halogens is 2. The zero-order valence-electron chi connectivity index (χ0n) is 14.3. The van der Waals surface area contributed by atoms with E-state index in [0.717, 1.165) is 30.6 Å². The fraction of sp³-hybridized carbons (Fsp3) is 0.353. The first kappa shape index (κ1) is 20.2. The number of carbonyl (C=O) groups is 2. The largest absolute Gasteiger partial charge is 0.352 e. The number of nitrogens with zero attached hydrogens (tertiary/aromatic N) is 1. The minimum atomic E-state index is -0.368. The fourth-order valence-corrected chi connectivity index (χ4v) is 2.92. The van der Waals surface area contributed by atoms with Gasteiger partial charge in [-0.05, 0) is 24.6 Å². The van der Waals surface area contributed by atoms with Gasteiger partial charge in [-0.1, -0.05) is 18.5 Å². The van der Waals surface area contributed by atoms with Crippen molar-refractivity contribution in [2.24, 2.45) is 0 Å². The number of nitrogens with one attached hydrogen (secondary N) is 4. The number of H-pyrrole nitrogens is 1. The third-order valence-corrected chi connectivity index (χ3v) is 4.27. The molecule has 7 nitrogen and oxygen atoms in total. The molecule has 0 unspecified atom stereocenters. The maximum atomic E-state index is 12.7. The molecule has 0 spiro atoms. The Morgan fingerprint density at radius 1 is 1.31 bits per heavy atom. The van der Waals surface area contributed by atoms with Crippen LogP contribution in [0.15, 0.2) is 18.2 Å². The summed E-state index contributed by atoms with van der Waals surface area (Å²) in [6.45, 7) is 3.98. The van der Waals surface area contributed by atoms with Gasteiger partial charge in [0.05, 0.1) is 11.3 Å². The molecule has 0 bridgehead atoms. The zero-order chi connectivity index (χ0) is 17.8. The van der Waals surface area contributed by atoms with E-state index in [1.807, 2.05) is 6.92 Å². The summed E-state index contributed by atoms with van der Waals surface area (Å²) in [6, 6.07) is 4.79. The SMILES string of the molecule is CCCNC(=O)c1ccc(Cl)cc1NC(=O)c1n[nH]c2c1CNCC2.Cl. The second-order valence-corrected chi connectivity index (χ2v) is 6.29. The van der Waals surface area contributed by atoms with Crippen LogP contribution in [0.1, 0.15) is 45.4 Å². The van der Waals surface area contributed by atoms with E-state index < -0.39 is 0 Å². The van der Waals surface area contributed by atoms with Gasteiger partial charge in [-0.3, -0.25) is 14.7 Å². The second kappa shape index (κ2) is 9.02. The van der Waals surface area contributed by atoms with Gasteiger partial charge in [0, 0.05) is 42.3 Å². The molecule has 1 aliphatic heterocycles. The molecular formula is C17H21Cl2N5O2. The Hall–Kier alpha value is -2.09. The van der Waals surface area contributed by atoms with Gasteiger partial charge in [-0.2, -0.15) is 5.10 Å². The Balaban J connectivity index is 0.00000243. The molecule has 0 aliphatic carbocycles. The summed E-state index contributed by atoms with van der Waals surface area (Å²) in [7, 11) is 0. The van der Waals surface area contributed by atoms with E-state index in [-0.39, 0.29) is 24.2 Å². The summed E-state index contributed by atoms with van der Waals surface area (Å²) < 4.78 is 0. The predicted molar refractivity (Wildman–Crippen MR) is 103 cm³/mol. The van der Waals surface area contributed by atoms with Crippen LogP contribution in [0.5, 0.6) is 0 Å². The average molecular weight is 398 g/mol. The molecule has 3 rings (SSSR count). The number of hydrogen-bond donors (Lipinski definition) is 4. The molecule has 2 aromatic rings. The first-order valence-corrected chi connectivity index (χ1v) is 8.64. The van der Waals surface area contributed by atoms with Crippen molar-refractivity contribution >= 4 is 41.5 Å². The number of anilines is 1. The highest BCUT2D eigenvalue weighted by molar-refractivity contribution is 6.31. The number of carbonyl (C=O) groups excluding carboxylic acids is 2. The van der Waals surface area contributed by atoms with Crippen LogP contribution in [-0.2, 0) is 13.0 Å².